The van der Waals surface area contributed by atoms with Crippen molar-refractivity contribution in [2.45, 2.75) is 52.0 Å². The smallest absolute Gasteiger partial charge is 0.223 e. The Hall–Kier alpha value is -1.45. The highest BCUT2D eigenvalue weighted by molar-refractivity contribution is 5.76. The number of carbonyl (C=O) groups excluding carboxylic acids is 1. The van der Waals surface area contributed by atoms with Crippen LogP contribution in [0.1, 0.15) is 51.0 Å². The third kappa shape index (κ3) is 4.51. The fourth-order valence-electron chi connectivity index (χ4n) is 3.15. The topological polar surface area (TPSA) is 20.3 Å². The summed E-state index contributed by atoms with van der Waals surface area (Å²) in [4.78, 5) is 13.9. The van der Waals surface area contributed by atoms with Crippen LogP contribution in [0, 0.1) is 17.0 Å². The van der Waals surface area contributed by atoms with E-state index >= 15 is 0 Å². The SMILES string of the molecule is CN(Cc1cc(F)cc(F)c1)C(=O)CC1(C)CCCCC1. The van der Waals surface area contributed by atoms with Crippen molar-refractivity contribution in [3.05, 3.63) is 35.4 Å². The number of amides is 1. The van der Waals surface area contributed by atoms with Crippen LogP contribution in [-0.2, 0) is 11.3 Å². The molecule has 0 N–H and O–H groups in total. The number of rotatable bonds is 4. The molecule has 0 atom stereocenters. The summed E-state index contributed by atoms with van der Waals surface area (Å²) >= 11 is 0. The number of hydrogen-bond donors (Lipinski definition) is 0. The van der Waals surface area contributed by atoms with Crippen LogP contribution < -0.4 is 0 Å². The van der Waals surface area contributed by atoms with Crippen molar-refractivity contribution in [1.29, 1.82) is 0 Å². The van der Waals surface area contributed by atoms with E-state index in [0.717, 1.165) is 18.9 Å². The molecule has 1 saturated carbocycles. The first-order chi connectivity index (χ1) is 9.88. The second kappa shape index (κ2) is 6.54. The quantitative estimate of drug-likeness (QED) is 0.811. The van der Waals surface area contributed by atoms with E-state index in [9.17, 15) is 13.6 Å². The molecule has 0 spiro atoms. The van der Waals surface area contributed by atoms with Crippen molar-refractivity contribution in [2.24, 2.45) is 5.41 Å². The van der Waals surface area contributed by atoms with Gasteiger partial charge in [0.15, 0.2) is 0 Å². The van der Waals surface area contributed by atoms with E-state index in [-0.39, 0.29) is 17.9 Å². The lowest BCUT2D eigenvalue weighted by Crippen LogP contribution is -2.33. The molecule has 21 heavy (non-hydrogen) atoms. The van der Waals surface area contributed by atoms with Crippen molar-refractivity contribution in [3.8, 4) is 0 Å². The Bertz CT molecular complexity index is 489. The maximum atomic E-state index is 13.2. The van der Waals surface area contributed by atoms with E-state index in [0.29, 0.717) is 12.0 Å². The fraction of sp³-hybridized carbons (Fsp3) is 0.588. The Labute approximate surface area is 125 Å². The van der Waals surface area contributed by atoms with Crippen LogP contribution in [0.4, 0.5) is 8.78 Å². The summed E-state index contributed by atoms with van der Waals surface area (Å²) in [7, 11) is 1.69. The van der Waals surface area contributed by atoms with Gasteiger partial charge in [-0.25, -0.2) is 8.78 Å². The molecular formula is C17H23F2NO. The molecule has 0 aliphatic heterocycles. The Morgan fingerprint density at radius 1 is 1.14 bits per heavy atom. The number of hydrogen-bond acceptors (Lipinski definition) is 1. The van der Waals surface area contributed by atoms with Crippen LogP contribution in [0.25, 0.3) is 0 Å². The zero-order valence-electron chi connectivity index (χ0n) is 12.8. The van der Waals surface area contributed by atoms with Crippen molar-refractivity contribution in [3.63, 3.8) is 0 Å². The molecule has 1 aliphatic carbocycles. The average Bonchev–Trinajstić information content (AvgIpc) is 2.37. The molecule has 0 unspecified atom stereocenters. The van der Waals surface area contributed by atoms with Crippen LogP contribution in [0.5, 0.6) is 0 Å². The minimum absolute atomic E-state index is 0.0454. The Morgan fingerprint density at radius 3 is 2.29 bits per heavy atom. The Balaban J connectivity index is 1.95. The van der Waals surface area contributed by atoms with Gasteiger partial charge in [0.1, 0.15) is 11.6 Å². The summed E-state index contributed by atoms with van der Waals surface area (Å²) in [5, 5.41) is 0. The molecule has 0 radical (unpaired) electrons. The molecule has 1 amide bonds. The van der Waals surface area contributed by atoms with Gasteiger partial charge >= 0.3 is 0 Å². The molecule has 1 aromatic rings. The summed E-state index contributed by atoms with van der Waals surface area (Å²) in [6, 6.07) is 3.39. The van der Waals surface area contributed by atoms with Crippen molar-refractivity contribution in [2.75, 3.05) is 7.05 Å². The highest BCUT2D eigenvalue weighted by Gasteiger charge is 2.30. The second-order valence-electron chi connectivity index (χ2n) is 6.58. The number of carbonyl (C=O) groups is 1. The maximum absolute atomic E-state index is 13.2. The molecule has 116 valence electrons. The molecule has 2 rings (SSSR count). The third-order valence-corrected chi connectivity index (χ3v) is 4.41. The third-order valence-electron chi connectivity index (χ3n) is 4.41. The fourth-order valence-corrected chi connectivity index (χ4v) is 3.15. The van der Waals surface area contributed by atoms with Gasteiger partial charge in [0.05, 0.1) is 0 Å². The largest absolute Gasteiger partial charge is 0.341 e. The second-order valence-corrected chi connectivity index (χ2v) is 6.58. The van der Waals surface area contributed by atoms with Gasteiger partial charge in [-0.1, -0.05) is 26.2 Å². The molecule has 1 fully saturated rings. The Morgan fingerprint density at radius 2 is 1.71 bits per heavy atom. The van der Waals surface area contributed by atoms with Gasteiger partial charge in [-0.15, -0.1) is 0 Å². The molecule has 0 heterocycles. The van der Waals surface area contributed by atoms with E-state index in [2.05, 4.69) is 6.92 Å². The highest BCUT2D eigenvalue weighted by atomic mass is 19.1. The van der Waals surface area contributed by atoms with Gasteiger partial charge in [0, 0.05) is 26.1 Å². The zero-order valence-corrected chi connectivity index (χ0v) is 12.8. The van der Waals surface area contributed by atoms with Gasteiger partial charge in [0.2, 0.25) is 5.91 Å². The van der Waals surface area contributed by atoms with E-state index in [1.54, 1.807) is 11.9 Å². The van der Waals surface area contributed by atoms with Crippen LogP contribution in [0.3, 0.4) is 0 Å². The lowest BCUT2D eigenvalue weighted by atomic mass is 9.73. The number of benzene rings is 1. The standard InChI is InChI=1S/C17H23F2NO/c1-17(6-4-3-5-7-17)11-16(21)20(2)12-13-8-14(18)10-15(19)9-13/h8-10H,3-7,11-12H2,1-2H3. The first kappa shape index (κ1) is 15.9. The van der Waals surface area contributed by atoms with Gasteiger partial charge in [-0.2, -0.15) is 0 Å². The van der Waals surface area contributed by atoms with E-state index in [1.807, 2.05) is 0 Å². The molecule has 1 aliphatic rings. The molecule has 1 aromatic carbocycles. The summed E-state index contributed by atoms with van der Waals surface area (Å²) in [6.07, 6.45) is 6.30. The van der Waals surface area contributed by atoms with Crippen molar-refractivity contribution in [1.82, 2.24) is 4.90 Å². The molecule has 0 saturated heterocycles. The highest BCUT2D eigenvalue weighted by Crippen LogP contribution is 2.39. The van der Waals surface area contributed by atoms with Crippen molar-refractivity contribution >= 4 is 5.91 Å². The van der Waals surface area contributed by atoms with Gasteiger partial charge < -0.3 is 4.90 Å². The molecule has 2 nitrogen and oxygen atoms in total. The monoisotopic (exact) mass is 295 g/mol. The first-order valence-electron chi connectivity index (χ1n) is 7.57. The minimum Gasteiger partial charge on any atom is -0.341 e. The van der Waals surface area contributed by atoms with Crippen LogP contribution in [0.15, 0.2) is 18.2 Å². The van der Waals surface area contributed by atoms with Crippen molar-refractivity contribution < 1.29 is 13.6 Å². The van der Waals surface area contributed by atoms with Gasteiger partial charge in [0.25, 0.3) is 0 Å². The number of halogens is 2. The van der Waals surface area contributed by atoms with Gasteiger partial charge in [-0.05, 0) is 36.0 Å². The predicted octanol–water partition coefficient (Wildman–Crippen LogP) is 4.28. The van der Waals surface area contributed by atoms with E-state index < -0.39 is 11.6 Å². The maximum Gasteiger partial charge on any atom is 0.223 e. The van der Waals surface area contributed by atoms with E-state index in [1.165, 1.54) is 31.4 Å². The lowest BCUT2D eigenvalue weighted by Gasteiger charge is -2.34. The van der Waals surface area contributed by atoms with Crippen LogP contribution >= 0.6 is 0 Å². The molecule has 0 bridgehead atoms. The summed E-state index contributed by atoms with van der Waals surface area (Å²) in [5.74, 6) is -1.17. The zero-order chi connectivity index (χ0) is 15.5. The normalized spacial score (nSPS) is 17.5. The molecular weight excluding hydrogens is 272 g/mol. The Kier molecular flexibility index (Phi) is 4.96. The summed E-state index contributed by atoms with van der Waals surface area (Å²) in [5.41, 5.74) is 0.564. The van der Waals surface area contributed by atoms with Gasteiger partial charge in [-0.3, -0.25) is 4.79 Å². The first-order valence-corrected chi connectivity index (χ1v) is 7.57. The lowest BCUT2D eigenvalue weighted by molar-refractivity contribution is -0.133. The number of nitrogens with zero attached hydrogens (tertiary/aromatic N) is 1. The summed E-state index contributed by atoms with van der Waals surface area (Å²) < 4.78 is 26.3. The molecule has 4 heteroatoms. The van der Waals surface area contributed by atoms with E-state index in [4.69, 9.17) is 0 Å². The van der Waals surface area contributed by atoms with Crippen LogP contribution in [0.2, 0.25) is 0 Å². The average molecular weight is 295 g/mol. The van der Waals surface area contributed by atoms with Crippen LogP contribution in [-0.4, -0.2) is 17.9 Å². The minimum atomic E-state index is -0.606. The predicted molar refractivity (Wildman–Crippen MR) is 78.6 cm³/mol. The molecule has 0 aromatic heterocycles. The summed E-state index contributed by atoms with van der Waals surface area (Å²) in [6.45, 7) is 2.41.